The lowest BCUT2D eigenvalue weighted by molar-refractivity contribution is 0.398. The number of benzene rings is 1. The van der Waals surface area contributed by atoms with Crippen molar-refractivity contribution in [1.29, 1.82) is 0 Å². The molecule has 0 bridgehead atoms. The molecule has 1 N–H and O–H groups in total. The Morgan fingerprint density at radius 2 is 2.00 bits per heavy atom. The first-order chi connectivity index (χ1) is 8.78. The first-order valence-electron chi connectivity index (χ1n) is 5.32. The van der Waals surface area contributed by atoms with Gasteiger partial charge in [-0.25, -0.2) is 4.98 Å². The zero-order chi connectivity index (χ0) is 12.8. The first kappa shape index (κ1) is 12.8. The van der Waals surface area contributed by atoms with E-state index < -0.39 is 0 Å². The van der Waals surface area contributed by atoms with Crippen molar-refractivity contribution in [1.82, 2.24) is 4.98 Å². The molecule has 1 heterocycles. The lowest BCUT2D eigenvalue weighted by Crippen LogP contribution is -1.92. The third-order valence-electron chi connectivity index (χ3n) is 2.22. The fourth-order valence-corrected chi connectivity index (χ4v) is 1.66. The molecule has 18 heavy (non-hydrogen) atoms. The van der Waals surface area contributed by atoms with Crippen LogP contribution in [0.5, 0.6) is 5.88 Å². The minimum Gasteiger partial charge on any atom is -0.481 e. The molecule has 0 unspecified atom stereocenters. The van der Waals surface area contributed by atoms with Gasteiger partial charge in [-0.1, -0.05) is 12.1 Å². The number of hydrogen-bond acceptors (Lipinski definition) is 4. The third-order valence-corrected chi connectivity index (χ3v) is 2.94. The topological polar surface area (TPSA) is 46.5 Å². The van der Waals surface area contributed by atoms with Crippen LogP contribution in [0.25, 0.3) is 0 Å². The van der Waals surface area contributed by atoms with Crippen molar-refractivity contribution in [3.8, 4) is 5.88 Å². The fourth-order valence-electron chi connectivity index (χ4n) is 1.30. The Hall–Kier alpha value is -1.63. The normalized spacial score (nSPS) is 10.6. The van der Waals surface area contributed by atoms with Crippen LogP contribution in [0.15, 0.2) is 47.7 Å². The summed E-state index contributed by atoms with van der Waals surface area (Å²) in [6.07, 6.45) is 3.43. The number of pyridine rings is 1. The summed E-state index contributed by atoms with van der Waals surface area (Å²) in [4.78, 5) is 4.07. The van der Waals surface area contributed by atoms with Gasteiger partial charge in [-0.2, -0.15) is 5.10 Å². The van der Waals surface area contributed by atoms with Crippen LogP contribution >= 0.6 is 22.6 Å². The molecule has 5 heteroatoms. The van der Waals surface area contributed by atoms with Crippen LogP contribution < -0.4 is 10.2 Å². The number of nitrogens with one attached hydrogen (secondary N) is 1. The molecule has 4 nitrogen and oxygen atoms in total. The fraction of sp³-hybridized carbons (Fsp3) is 0.0769. The third kappa shape index (κ3) is 3.69. The number of hydrogen-bond donors (Lipinski definition) is 1. The predicted octanol–water partition coefficient (Wildman–Crippen LogP) is 3.14. The zero-order valence-corrected chi connectivity index (χ0v) is 12.0. The molecule has 0 amide bonds. The molecule has 0 aliphatic heterocycles. The molecule has 2 aromatic rings. The number of ether oxygens (including phenoxy) is 1. The second-order valence-electron chi connectivity index (χ2n) is 3.51. The molecule has 1 aromatic carbocycles. The Bertz CT molecular complexity index is 523. The van der Waals surface area contributed by atoms with Crippen LogP contribution in [-0.2, 0) is 0 Å². The van der Waals surface area contributed by atoms with Gasteiger partial charge < -0.3 is 4.74 Å². The Labute approximate surface area is 119 Å². The average Bonchev–Trinajstić information content (AvgIpc) is 2.42. The molecular weight excluding hydrogens is 341 g/mol. The summed E-state index contributed by atoms with van der Waals surface area (Å²) in [7, 11) is 1.59. The van der Waals surface area contributed by atoms with Crippen LogP contribution in [0.3, 0.4) is 0 Å². The molecule has 92 valence electrons. The van der Waals surface area contributed by atoms with Crippen molar-refractivity contribution in [3.63, 3.8) is 0 Å². The summed E-state index contributed by atoms with van der Waals surface area (Å²) >= 11 is 2.27. The minimum absolute atomic E-state index is 0.585. The van der Waals surface area contributed by atoms with E-state index in [0.29, 0.717) is 5.88 Å². The second-order valence-corrected chi connectivity index (χ2v) is 4.76. The Kier molecular flexibility index (Phi) is 4.52. The van der Waals surface area contributed by atoms with Crippen molar-refractivity contribution in [2.45, 2.75) is 0 Å². The number of hydrazone groups is 1. The van der Waals surface area contributed by atoms with Crippen LogP contribution in [0.2, 0.25) is 0 Å². The van der Waals surface area contributed by atoms with E-state index in [2.05, 4.69) is 38.1 Å². The number of anilines is 1. The highest BCUT2D eigenvalue weighted by molar-refractivity contribution is 14.1. The molecule has 0 saturated heterocycles. The van der Waals surface area contributed by atoms with Gasteiger partial charge in [-0.3, -0.25) is 5.43 Å². The quantitative estimate of drug-likeness (QED) is 0.522. The van der Waals surface area contributed by atoms with Gasteiger partial charge in [0.25, 0.3) is 0 Å². The summed E-state index contributed by atoms with van der Waals surface area (Å²) in [6, 6.07) is 11.7. The number of rotatable bonds is 4. The van der Waals surface area contributed by atoms with Crippen LogP contribution in [0.1, 0.15) is 5.56 Å². The van der Waals surface area contributed by atoms with E-state index in [1.165, 1.54) is 3.57 Å². The van der Waals surface area contributed by atoms with Crippen molar-refractivity contribution in [2.75, 3.05) is 12.5 Å². The largest absolute Gasteiger partial charge is 0.481 e. The van der Waals surface area contributed by atoms with Gasteiger partial charge in [0.15, 0.2) is 0 Å². The Morgan fingerprint density at radius 3 is 2.61 bits per heavy atom. The van der Waals surface area contributed by atoms with Gasteiger partial charge >= 0.3 is 0 Å². The second kappa shape index (κ2) is 6.34. The maximum atomic E-state index is 4.98. The SMILES string of the molecule is COc1ccc(NN=Cc2ccc(I)cc2)cn1. The standard InChI is InChI=1S/C13H12IN3O/c1-18-13-7-6-12(9-15-13)17-16-8-10-2-4-11(14)5-3-10/h2-9,17H,1H3. The molecule has 0 fully saturated rings. The maximum absolute atomic E-state index is 4.98. The molecule has 0 aliphatic rings. The minimum atomic E-state index is 0.585. The maximum Gasteiger partial charge on any atom is 0.213 e. The Morgan fingerprint density at radius 1 is 1.22 bits per heavy atom. The van der Waals surface area contributed by atoms with Crippen molar-refractivity contribution < 1.29 is 4.74 Å². The van der Waals surface area contributed by atoms with Gasteiger partial charge in [-0.15, -0.1) is 0 Å². The van der Waals surface area contributed by atoms with Gasteiger partial charge in [-0.05, 0) is 46.4 Å². The van der Waals surface area contributed by atoms with Gasteiger partial charge in [0.2, 0.25) is 5.88 Å². The number of aromatic nitrogens is 1. The van der Waals surface area contributed by atoms with Crippen molar-refractivity contribution >= 4 is 34.5 Å². The smallest absolute Gasteiger partial charge is 0.213 e. The molecule has 2 rings (SSSR count). The summed E-state index contributed by atoms with van der Waals surface area (Å²) in [5.41, 5.74) is 4.77. The van der Waals surface area contributed by atoms with Crippen LogP contribution in [0, 0.1) is 3.57 Å². The van der Waals surface area contributed by atoms with E-state index in [1.807, 2.05) is 30.3 Å². The van der Waals surface area contributed by atoms with Gasteiger partial charge in [0.1, 0.15) is 0 Å². The molecule has 0 saturated carbocycles. The average molecular weight is 353 g/mol. The van der Waals surface area contributed by atoms with Crippen molar-refractivity contribution in [2.24, 2.45) is 5.10 Å². The van der Waals surface area contributed by atoms with E-state index in [0.717, 1.165) is 11.3 Å². The monoisotopic (exact) mass is 353 g/mol. The molecule has 0 spiro atoms. The highest BCUT2D eigenvalue weighted by Crippen LogP contribution is 2.10. The zero-order valence-electron chi connectivity index (χ0n) is 9.80. The summed E-state index contributed by atoms with van der Waals surface area (Å²) in [6.45, 7) is 0. The molecule has 0 atom stereocenters. The molecule has 0 aliphatic carbocycles. The highest BCUT2D eigenvalue weighted by Gasteiger charge is 1.93. The van der Waals surface area contributed by atoms with E-state index in [4.69, 9.17) is 4.74 Å². The molecule has 0 radical (unpaired) electrons. The molecule has 1 aromatic heterocycles. The van der Waals surface area contributed by atoms with Gasteiger partial charge in [0, 0.05) is 9.64 Å². The number of methoxy groups -OCH3 is 1. The highest BCUT2D eigenvalue weighted by atomic mass is 127. The first-order valence-corrected chi connectivity index (χ1v) is 6.40. The van der Waals surface area contributed by atoms with Crippen LogP contribution in [-0.4, -0.2) is 18.3 Å². The van der Waals surface area contributed by atoms with Crippen LogP contribution in [0.4, 0.5) is 5.69 Å². The van der Waals surface area contributed by atoms with E-state index in [-0.39, 0.29) is 0 Å². The van der Waals surface area contributed by atoms with E-state index in [9.17, 15) is 0 Å². The van der Waals surface area contributed by atoms with E-state index >= 15 is 0 Å². The summed E-state index contributed by atoms with van der Waals surface area (Å²) < 4.78 is 6.18. The number of nitrogens with zero attached hydrogens (tertiary/aromatic N) is 2. The van der Waals surface area contributed by atoms with E-state index in [1.54, 1.807) is 25.6 Å². The Balaban J connectivity index is 1.95. The van der Waals surface area contributed by atoms with Gasteiger partial charge in [0.05, 0.1) is 25.2 Å². The lowest BCUT2D eigenvalue weighted by atomic mass is 10.2. The van der Waals surface area contributed by atoms with Crippen molar-refractivity contribution in [3.05, 3.63) is 51.7 Å². The molecular formula is C13H12IN3O. The summed E-state index contributed by atoms with van der Waals surface area (Å²) in [5.74, 6) is 0.585. The summed E-state index contributed by atoms with van der Waals surface area (Å²) in [5, 5.41) is 4.14. The predicted molar refractivity (Wildman–Crippen MR) is 81.2 cm³/mol. The number of halogens is 1. The lowest BCUT2D eigenvalue weighted by Gasteiger charge is -2.01.